The van der Waals surface area contributed by atoms with Gasteiger partial charge >= 0.3 is 6.03 Å². The Labute approximate surface area is 135 Å². The molecule has 23 heavy (non-hydrogen) atoms. The van der Waals surface area contributed by atoms with E-state index in [1.807, 2.05) is 12.1 Å². The van der Waals surface area contributed by atoms with Crippen LogP contribution in [0.3, 0.4) is 0 Å². The van der Waals surface area contributed by atoms with Crippen molar-refractivity contribution in [3.63, 3.8) is 0 Å². The molecule has 0 saturated carbocycles. The lowest BCUT2D eigenvalue weighted by atomic mass is 10.1. The number of carbonyl (C=O) groups excluding carboxylic acids is 1. The van der Waals surface area contributed by atoms with Crippen LogP contribution in [0.5, 0.6) is 0 Å². The first-order valence-corrected chi connectivity index (χ1v) is 7.75. The lowest BCUT2D eigenvalue weighted by Crippen LogP contribution is -2.50. The van der Waals surface area contributed by atoms with E-state index in [9.17, 15) is 9.18 Å². The number of amides is 2. The summed E-state index contributed by atoms with van der Waals surface area (Å²) in [6.45, 7) is 4.98. The monoisotopic (exact) mass is 313 g/mol. The van der Waals surface area contributed by atoms with Crippen LogP contribution in [-0.2, 0) is 0 Å². The standard InChI is InChI=1S/C18H20FN3O/c1-14-5-2-3-8-17(14)21-9-11-22(12-10-21)18(23)20-16-7-4-6-15(19)13-16/h2-8,13H,9-12H2,1H3,(H,20,23). The molecule has 2 amide bonds. The zero-order valence-corrected chi connectivity index (χ0v) is 13.1. The fourth-order valence-electron chi connectivity index (χ4n) is 2.84. The summed E-state index contributed by atoms with van der Waals surface area (Å²) in [6, 6.07) is 14.0. The third kappa shape index (κ3) is 3.62. The number of aryl methyl sites for hydroxylation is 1. The van der Waals surface area contributed by atoms with Crippen LogP contribution in [0.25, 0.3) is 0 Å². The fourth-order valence-corrected chi connectivity index (χ4v) is 2.84. The first kappa shape index (κ1) is 15.3. The summed E-state index contributed by atoms with van der Waals surface area (Å²) in [5.74, 6) is -0.354. The number of carbonyl (C=O) groups is 1. The van der Waals surface area contributed by atoms with Crippen molar-refractivity contribution in [3.8, 4) is 0 Å². The molecule has 1 aliphatic heterocycles. The lowest BCUT2D eigenvalue weighted by Gasteiger charge is -2.36. The maximum Gasteiger partial charge on any atom is 0.321 e. The van der Waals surface area contributed by atoms with E-state index in [2.05, 4.69) is 29.3 Å². The Morgan fingerprint density at radius 3 is 2.48 bits per heavy atom. The molecule has 0 spiro atoms. The molecule has 0 aliphatic carbocycles. The Bertz CT molecular complexity index is 696. The van der Waals surface area contributed by atoms with Gasteiger partial charge in [0, 0.05) is 37.6 Å². The molecular formula is C18H20FN3O. The van der Waals surface area contributed by atoms with E-state index in [-0.39, 0.29) is 11.8 Å². The highest BCUT2D eigenvalue weighted by Crippen LogP contribution is 2.21. The van der Waals surface area contributed by atoms with Gasteiger partial charge in [-0.1, -0.05) is 24.3 Å². The van der Waals surface area contributed by atoms with Crippen LogP contribution in [0, 0.1) is 12.7 Å². The third-order valence-corrected chi connectivity index (χ3v) is 4.10. The van der Waals surface area contributed by atoms with E-state index in [1.54, 1.807) is 17.0 Å². The predicted molar refractivity (Wildman–Crippen MR) is 90.4 cm³/mol. The van der Waals surface area contributed by atoms with Crippen LogP contribution >= 0.6 is 0 Å². The van der Waals surface area contributed by atoms with Crippen LogP contribution in [0.2, 0.25) is 0 Å². The van der Waals surface area contributed by atoms with Gasteiger partial charge in [-0.05, 0) is 36.8 Å². The molecule has 120 valence electrons. The van der Waals surface area contributed by atoms with Gasteiger partial charge in [0.15, 0.2) is 0 Å². The Kier molecular flexibility index (Phi) is 4.46. The van der Waals surface area contributed by atoms with Crippen LogP contribution in [0.15, 0.2) is 48.5 Å². The maximum atomic E-state index is 13.2. The van der Waals surface area contributed by atoms with Crippen molar-refractivity contribution < 1.29 is 9.18 Å². The van der Waals surface area contributed by atoms with Gasteiger partial charge in [-0.3, -0.25) is 0 Å². The summed E-state index contributed by atoms with van der Waals surface area (Å²) in [4.78, 5) is 16.3. The SMILES string of the molecule is Cc1ccccc1N1CCN(C(=O)Nc2cccc(F)c2)CC1. The van der Waals surface area contributed by atoms with Crippen molar-refractivity contribution in [3.05, 3.63) is 59.9 Å². The van der Waals surface area contributed by atoms with Crippen molar-refractivity contribution in [2.75, 3.05) is 36.4 Å². The second kappa shape index (κ2) is 6.69. The van der Waals surface area contributed by atoms with Gasteiger partial charge in [0.1, 0.15) is 5.82 Å². The number of rotatable bonds is 2. The van der Waals surface area contributed by atoms with Crippen LogP contribution in [-0.4, -0.2) is 37.1 Å². The number of urea groups is 1. The molecule has 0 radical (unpaired) electrons. The van der Waals surface area contributed by atoms with Gasteiger partial charge < -0.3 is 15.1 Å². The van der Waals surface area contributed by atoms with Crippen molar-refractivity contribution in [2.45, 2.75) is 6.92 Å². The molecule has 1 heterocycles. The van der Waals surface area contributed by atoms with E-state index in [0.717, 1.165) is 13.1 Å². The highest BCUT2D eigenvalue weighted by Gasteiger charge is 2.22. The van der Waals surface area contributed by atoms with Crippen LogP contribution in [0.1, 0.15) is 5.56 Å². The molecule has 5 heteroatoms. The fraction of sp³-hybridized carbons (Fsp3) is 0.278. The lowest BCUT2D eigenvalue weighted by molar-refractivity contribution is 0.208. The molecular weight excluding hydrogens is 293 g/mol. The minimum atomic E-state index is -0.354. The summed E-state index contributed by atoms with van der Waals surface area (Å²) in [6.07, 6.45) is 0. The predicted octanol–water partition coefficient (Wildman–Crippen LogP) is 3.49. The summed E-state index contributed by atoms with van der Waals surface area (Å²) < 4.78 is 13.2. The Morgan fingerprint density at radius 1 is 1.04 bits per heavy atom. The van der Waals surface area contributed by atoms with E-state index >= 15 is 0 Å². The minimum absolute atomic E-state index is 0.181. The normalized spacial score (nSPS) is 14.7. The second-order valence-corrected chi connectivity index (χ2v) is 5.70. The average Bonchev–Trinajstić information content (AvgIpc) is 2.55. The van der Waals surface area contributed by atoms with Crippen molar-refractivity contribution in [1.29, 1.82) is 0 Å². The number of hydrogen-bond acceptors (Lipinski definition) is 2. The van der Waals surface area contributed by atoms with E-state index in [4.69, 9.17) is 0 Å². The minimum Gasteiger partial charge on any atom is -0.368 e. The van der Waals surface area contributed by atoms with E-state index in [1.165, 1.54) is 23.4 Å². The summed E-state index contributed by atoms with van der Waals surface area (Å²) in [5, 5.41) is 2.75. The number of piperazine rings is 1. The van der Waals surface area contributed by atoms with Crippen molar-refractivity contribution in [1.82, 2.24) is 4.90 Å². The zero-order valence-electron chi connectivity index (χ0n) is 13.1. The molecule has 0 bridgehead atoms. The second-order valence-electron chi connectivity index (χ2n) is 5.70. The van der Waals surface area contributed by atoms with Gasteiger partial charge in [0.25, 0.3) is 0 Å². The number of anilines is 2. The first-order valence-electron chi connectivity index (χ1n) is 7.75. The Morgan fingerprint density at radius 2 is 1.78 bits per heavy atom. The Balaban J connectivity index is 1.58. The van der Waals surface area contributed by atoms with Gasteiger partial charge in [-0.25, -0.2) is 9.18 Å². The molecule has 2 aromatic rings. The average molecular weight is 313 g/mol. The van der Waals surface area contributed by atoms with Crippen molar-refractivity contribution >= 4 is 17.4 Å². The summed E-state index contributed by atoms with van der Waals surface area (Å²) >= 11 is 0. The number of nitrogens with one attached hydrogen (secondary N) is 1. The topological polar surface area (TPSA) is 35.6 Å². The van der Waals surface area contributed by atoms with Crippen LogP contribution < -0.4 is 10.2 Å². The quantitative estimate of drug-likeness (QED) is 0.921. The summed E-state index contributed by atoms with van der Waals surface area (Å²) in [7, 11) is 0. The van der Waals surface area contributed by atoms with Gasteiger partial charge in [0.05, 0.1) is 0 Å². The van der Waals surface area contributed by atoms with Gasteiger partial charge in [0.2, 0.25) is 0 Å². The number of para-hydroxylation sites is 1. The van der Waals surface area contributed by atoms with Crippen molar-refractivity contribution in [2.24, 2.45) is 0 Å². The zero-order chi connectivity index (χ0) is 16.2. The summed E-state index contributed by atoms with van der Waals surface area (Å²) in [5.41, 5.74) is 2.94. The van der Waals surface area contributed by atoms with Gasteiger partial charge in [-0.2, -0.15) is 0 Å². The molecule has 0 unspecified atom stereocenters. The molecule has 1 fully saturated rings. The molecule has 1 N–H and O–H groups in total. The highest BCUT2D eigenvalue weighted by atomic mass is 19.1. The molecule has 0 aromatic heterocycles. The molecule has 3 rings (SSSR count). The van der Waals surface area contributed by atoms with E-state index < -0.39 is 0 Å². The van der Waals surface area contributed by atoms with E-state index in [0.29, 0.717) is 18.8 Å². The van der Waals surface area contributed by atoms with Crippen LogP contribution in [0.4, 0.5) is 20.6 Å². The highest BCUT2D eigenvalue weighted by molar-refractivity contribution is 5.89. The molecule has 0 atom stereocenters. The number of nitrogens with zero attached hydrogens (tertiary/aromatic N) is 2. The third-order valence-electron chi connectivity index (χ3n) is 4.10. The largest absolute Gasteiger partial charge is 0.368 e. The molecule has 1 aliphatic rings. The van der Waals surface area contributed by atoms with Gasteiger partial charge in [-0.15, -0.1) is 0 Å². The number of halogens is 1. The smallest absolute Gasteiger partial charge is 0.321 e. The molecule has 1 saturated heterocycles. The number of hydrogen-bond donors (Lipinski definition) is 1. The number of benzene rings is 2. The maximum absolute atomic E-state index is 13.2. The first-order chi connectivity index (χ1) is 11.1. The molecule has 4 nitrogen and oxygen atoms in total. The Hall–Kier alpha value is -2.56. The molecule has 2 aromatic carbocycles.